The van der Waals surface area contributed by atoms with Gasteiger partial charge in [-0.15, -0.1) is 0 Å². The van der Waals surface area contributed by atoms with Crippen LogP contribution in [0.1, 0.15) is 17.4 Å². The predicted octanol–water partition coefficient (Wildman–Crippen LogP) is 0.919. The largest absolute Gasteiger partial charge is 0.364 e. The lowest BCUT2D eigenvalue weighted by atomic mass is 10.1. The number of aryl methyl sites for hydroxylation is 1. The van der Waals surface area contributed by atoms with Crippen molar-refractivity contribution in [3.8, 4) is 0 Å². The average Bonchev–Trinajstić information content (AvgIpc) is 2.06. The van der Waals surface area contributed by atoms with Gasteiger partial charge in [-0.1, -0.05) is 29.8 Å². The number of nitrogens with two attached hydrogens (primary N) is 1. The zero-order valence-corrected chi connectivity index (χ0v) is 7.03. The fraction of sp³-hybridized carbons (Fsp3) is 0.333. The van der Waals surface area contributed by atoms with Gasteiger partial charge in [-0.3, -0.25) is 0 Å². The van der Waals surface area contributed by atoms with Crippen LogP contribution in [0.4, 0.5) is 0 Å². The molecule has 12 heavy (non-hydrogen) atoms. The molecule has 0 amide bonds. The fourth-order valence-corrected chi connectivity index (χ4v) is 0.918. The molecule has 3 heteroatoms. The Balaban J connectivity index is 2.68. The molecule has 1 aromatic rings. The van der Waals surface area contributed by atoms with Gasteiger partial charge in [-0.2, -0.15) is 0 Å². The lowest BCUT2D eigenvalue weighted by Gasteiger charge is -2.09. The Morgan fingerprint density at radius 1 is 1.42 bits per heavy atom. The molecule has 66 valence electrons. The summed E-state index contributed by atoms with van der Waals surface area (Å²) in [6.07, 6.45) is -0.907. The van der Waals surface area contributed by atoms with E-state index in [0.29, 0.717) is 0 Å². The molecule has 0 saturated carbocycles. The Kier molecular flexibility index (Phi) is 3.22. The van der Waals surface area contributed by atoms with Gasteiger partial charge in [0.2, 0.25) is 0 Å². The van der Waals surface area contributed by atoms with E-state index >= 15 is 0 Å². The summed E-state index contributed by atoms with van der Waals surface area (Å²) in [5.74, 6) is 0. The summed E-state index contributed by atoms with van der Waals surface area (Å²) in [7, 11) is 0. The second kappa shape index (κ2) is 4.21. The molecule has 0 saturated heterocycles. The van der Waals surface area contributed by atoms with E-state index in [4.69, 9.17) is 10.5 Å². The second-order valence-electron chi connectivity index (χ2n) is 2.60. The number of hydrogen-bond acceptors (Lipinski definition) is 3. The Morgan fingerprint density at radius 2 is 2.00 bits per heavy atom. The highest BCUT2D eigenvalue weighted by atomic mass is 16.6. The molecule has 0 bridgehead atoms. The van der Waals surface area contributed by atoms with Crippen molar-refractivity contribution in [1.29, 1.82) is 0 Å². The topological polar surface area (TPSA) is 55.5 Å². The van der Waals surface area contributed by atoms with E-state index in [9.17, 15) is 5.11 Å². The highest BCUT2D eigenvalue weighted by molar-refractivity contribution is 5.21. The Morgan fingerprint density at radius 3 is 2.50 bits per heavy atom. The summed E-state index contributed by atoms with van der Waals surface area (Å²) in [5, 5.41) is 9.31. The van der Waals surface area contributed by atoms with Crippen LogP contribution in [-0.2, 0) is 4.74 Å². The minimum atomic E-state index is -0.907. The number of aliphatic hydroxyl groups excluding tert-OH is 1. The van der Waals surface area contributed by atoms with Crippen molar-refractivity contribution in [3.63, 3.8) is 0 Å². The van der Waals surface area contributed by atoms with Crippen LogP contribution in [0.3, 0.4) is 0 Å². The van der Waals surface area contributed by atoms with Crippen LogP contribution in [0.2, 0.25) is 0 Å². The highest BCUT2D eigenvalue weighted by Crippen LogP contribution is 2.13. The summed E-state index contributed by atoms with van der Waals surface area (Å²) in [5.41, 5.74) is 6.99. The quantitative estimate of drug-likeness (QED) is 0.658. The molecule has 0 aliphatic rings. The molecule has 1 aromatic carbocycles. The first-order valence-electron chi connectivity index (χ1n) is 3.80. The molecular weight excluding hydrogens is 154 g/mol. The summed E-state index contributed by atoms with van der Waals surface area (Å²) < 4.78 is 4.80. The molecule has 0 aliphatic heterocycles. The lowest BCUT2D eigenvalue weighted by molar-refractivity contribution is -0.100. The highest BCUT2D eigenvalue weighted by Gasteiger charge is 2.04. The molecule has 0 heterocycles. The third-order valence-electron chi connectivity index (χ3n) is 1.62. The molecule has 1 unspecified atom stereocenters. The molecule has 3 nitrogen and oxygen atoms in total. The first-order chi connectivity index (χ1) is 5.74. The Labute approximate surface area is 71.8 Å². The van der Waals surface area contributed by atoms with Gasteiger partial charge < -0.3 is 15.6 Å². The van der Waals surface area contributed by atoms with Gasteiger partial charge >= 0.3 is 0 Å². The van der Waals surface area contributed by atoms with Gasteiger partial charge in [-0.05, 0) is 6.92 Å². The van der Waals surface area contributed by atoms with E-state index in [0.717, 1.165) is 11.1 Å². The molecule has 1 atom stereocenters. The van der Waals surface area contributed by atoms with E-state index in [2.05, 4.69) is 0 Å². The predicted molar refractivity (Wildman–Crippen MR) is 46.3 cm³/mol. The van der Waals surface area contributed by atoms with Crippen LogP contribution in [-0.4, -0.2) is 11.8 Å². The van der Waals surface area contributed by atoms with E-state index in [1.807, 2.05) is 31.2 Å². The van der Waals surface area contributed by atoms with Crippen molar-refractivity contribution >= 4 is 0 Å². The molecular formula is C9H13NO2. The first kappa shape index (κ1) is 9.19. The van der Waals surface area contributed by atoms with Crippen molar-refractivity contribution in [2.24, 2.45) is 5.73 Å². The van der Waals surface area contributed by atoms with Gasteiger partial charge in [0.05, 0.1) is 6.73 Å². The van der Waals surface area contributed by atoms with Gasteiger partial charge in [0.1, 0.15) is 0 Å². The van der Waals surface area contributed by atoms with Crippen molar-refractivity contribution in [1.82, 2.24) is 0 Å². The number of rotatable bonds is 3. The zero-order valence-electron chi connectivity index (χ0n) is 7.03. The second-order valence-corrected chi connectivity index (χ2v) is 2.60. The maximum Gasteiger partial charge on any atom is 0.182 e. The number of ether oxygens (including phenoxy) is 1. The smallest absolute Gasteiger partial charge is 0.182 e. The maximum atomic E-state index is 9.31. The third-order valence-corrected chi connectivity index (χ3v) is 1.62. The number of benzene rings is 1. The fourth-order valence-electron chi connectivity index (χ4n) is 0.918. The minimum absolute atomic E-state index is 0.0229. The number of aliphatic hydroxyl groups is 1. The molecule has 0 fully saturated rings. The summed E-state index contributed by atoms with van der Waals surface area (Å²) in [6, 6.07) is 7.46. The molecule has 0 aliphatic carbocycles. The van der Waals surface area contributed by atoms with Gasteiger partial charge in [-0.25, -0.2) is 0 Å². The molecule has 0 aromatic heterocycles. The van der Waals surface area contributed by atoms with Gasteiger partial charge in [0, 0.05) is 5.56 Å². The van der Waals surface area contributed by atoms with Gasteiger partial charge in [0.15, 0.2) is 6.29 Å². The molecule has 3 N–H and O–H groups in total. The molecule has 0 spiro atoms. The van der Waals surface area contributed by atoms with Crippen LogP contribution < -0.4 is 5.73 Å². The van der Waals surface area contributed by atoms with Crippen molar-refractivity contribution < 1.29 is 9.84 Å². The van der Waals surface area contributed by atoms with E-state index in [1.54, 1.807) is 0 Å². The monoisotopic (exact) mass is 167 g/mol. The normalized spacial score (nSPS) is 12.9. The zero-order chi connectivity index (χ0) is 8.97. The van der Waals surface area contributed by atoms with Crippen molar-refractivity contribution in [2.75, 3.05) is 6.73 Å². The van der Waals surface area contributed by atoms with Crippen LogP contribution in [0.5, 0.6) is 0 Å². The third kappa shape index (κ3) is 2.30. The lowest BCUT2D eigenvalue weighted by Crippen LogP contribution is -2.10. The summed E-state index contributed by atoms with van der Waals surface area (Å²) >= 11 is 0. The molecule has 0 radical (unpaired) electrons. The molecule has 1 rings (SSSR count). The van der Waals surface area contributed by atoms with E-state index < -0.39 is 6.29 Å². The Hall–Kier alpha value is -0.900. The van der Waals surface area contributed by atoms with Crippen LogP contribution >= 0.6 is 0 Å². The van der Waals surface area contributed by atoms with E-state index in [1.165, 1.54) is 0 Å². The Bertz CT molecular complexity index is 233. The minimum Gasteiger partial charge on any atom is -0.364 e. The summed E-state index contributed by atoms with van der Waals surface area (Å²) in [4.78, 5) is 0. The summed E-state index contributed by atoms with van der Waals surface area (Å²) in [6.45, 7) is 2.01. The van der Waals surface area contributed by atoms with Gasteiger partial charge in [0.25, 0.3) is 0 Å². The SMILES string of the molecule is Cc1ccc(C(O)OCN)cc1. The van der Waals surface area contributed by atoms with Crippen molar-refractivity contribution in [2.45, 2.75) is 13.2 Å². The number of hydrogen-bond donors (Lipinski definition) is 2. The van der Waals surface area contributed by atoms with Crippen molar-refractivity contribution in [3.05, 3.63) is 35.4 Å². The first-order valence-corrected chi connectivity index (χ1v) is 3.80. The maximum absolute atomic E-state index is 9.31. The van der Waals surface area contributed by atoms with E-state index in [-0.39, 0.29) is 6.73 Å². The average molecular weight is 167 g/mol. The van der Waals surface area contributed by atoms with Crippen LogP contribution in [0.25, 0.3) is 0 Å². The standard InChI is InChI=1S/C9H13NO2/c1-7-2-4-8(5-3-7)9(11)12-6-10/h2-5,9,11H,6,10H2,1H3. The van der Waals surface area contributed by atoms with Crippen LogP contribution in [0, 0.1) is 6.92 Å². The van der Waals surface area contributed by atoms with Crippen LogP contribution in [0.15, 0.2) is 24.3 Å².